The average molecular weight is 254 g/mol. The van der Waals surface area contributed by atoms with Gasteiger partial charge in [-0.25, -0.2) is 0 Å². The lowest BCUT2D eigenvalue weighted by Gasteiger charge is -2.05. The molecule has 0 spiro atoms. The fraction of sp³-hybridized carbons (Fsp3) is 0.600. The van der Waals surface area contributed by atoms with Crippen LogP contribution in [0.1, 0.15) is 51.9 Å². The smallest absolute Gasteiger partial charge is 0.297 e. The van der Waals surface area contributed by atoms with Crippen LogP contribution in [-0.4, -0.2) is 21.3 Å². The van der Waals surface area contributed by atoms with Gasteiger partial charge in [0.1, 0.15) is 0 Å². The lowest BCUT2D eigenvalue weighted by molar-refractivity contribution is -0.273. The third-order valence-corrected chi connectivity index (χ3v) is 2.51. The van der Waals surface area contributed by atoms with Crippen molar-refractivity contribution in [2.45, 2.75) is 57.8 Å². The molecule has 0 bridgehead atoms. The van der Waals surface area contributed by atoms with E-state index in [2.05, 4.69) is 13.0 Å². The molecule has 0 aliphatic heterocycles. The quantitative estimate of drug-likeness (QED) is 0.319. The molecule has 0 aliphatic carbocycles. The molecule has 0 aliphatic rings. The highest BCUT2D eigenvalue weighted by Crippen LogP contribution is 2.07. The first-order valence-electron chi connectivity index (χ1n) is 6.74. The van der Waals surface area contributed by atoms with E-state index in [0.29, 0.717) is 0 Å². The van der Waals surface area contributed by atoms with Crippen LogP contribution in [-0.2, 0) is 0 Å². The van der Waals surface area contributed by atoms with Crippen LogP contribution in [0.2, 0.25) is 0 Å². The fourth-order valence-corrected chi connectivity index (χ4v) is 1.53. The molecule has 0 rings (SSSR count). The molecule has 0 saturated heterocycles. The second-order valence-corrected chi connectivity index (χ2v) is 4.42. The molecule has 0 saturated carbocycles. The molecule has 0 radical (unpaired) electrons. The van der Waals surface area contributed by atoms with Crippen molar-refractivity contribution in [2.75, 3.05) is 0 Å². The first kappa shape index (κ1) is 17.1. The zero-order chi connectivity index (χ0) is 13.7. The fourth-order valence-electron chi connectivity index (χ4n) is 1.53. The number of unbranched alkanes of at least 4 members (excludes halogenated alkanes) is 6. The third kappa shape index (κ3) is 15.1. The van der Waals surface area contributed by atoms with E-state index in [1.807, 2.05) is 6.08 Å². The molecule has 0 amide bonds. The van der Waals surface area contributed by atoms with Gasteiger partial charge in [-0.15, -0.1) is 0 Å². The second-order valence-electron chi connectivity index (χ2n) is 4.42. The Kier molecular flexibility index (Phi) is 10.6. The standard InChI is InChI=1S/C15H26O3/c1-2-3-4-5-6-7-8-9-10-11-12-13-14-15(16,17)18/h9-14,16-18H,2-8H2,1H3. The predicted octanol–water partition coefficient (Wildman–Crippen LogP) is 3.04. The lowest BCUT2D eigenvalue weighted by atomic mass is 10.1. The molecule has 0 heterocycles. The number of allylic oxidation sites excluding steroid dienone is 5. The summed E-state index contributed by atoms with van der Waals surface area (Å²) in [6, 6.07) is 0. The van der Waals surface area contributed by atoms with Crippen molar-refractivity contribution in [1.29, 1.82) is 0 Å². The Bertz CT molecular complexity index is 259. The van der Waals surface area contributed by atoms with Crippen LogP contribution in [0, 0.1) is 0 Å². The van der Waals surface area contributed by atoms with Crippen molar-refractivity contribution in [1.82, 2.24) is 0 Å². The van der Waals surface area contributed by atoms with Crippen molar-refractivity contribution in [3.05, 3.63) is 36.5 Å². The highest BCUT2D eigenvalue weighted by atomic mass is 16.7. The van der Waals surface area contributed by atoms with Gasteiger partial charge in [-0.2, -0.15) is 0 Å². The zero-order valence-electron chi connectivity index (χ0n) is 11.3. The van der Waals surface area contributed by atoms with Crippen LogP contribution in [0.5, 0.6) is 0 Å². The number of aliphatic hydroxyl groups is 3. The van der Waals surface area contributed by atoms with E-state index in [0.717, 1.165) is 12.5 Å². The zero-order valence-corrected chi connectivity index (χ0v) is 11.3. The highest BCUT2D eigenvalue weighted by molar-refractivity contribution is 5.11. The maximum Gasteiger partial charge on any atom is 0.297 e. The molecule has 0 aromatic heterocycles. The summed E-state index contributed by atoms with van der Waals surface area (Å²) < 4.78 is 0. The van der Waals surface area contributed by atoms with E-state index in [1.54, 1.807) is 12.2 Å². The Hall–Kier alpha value is -0.900. The molecule has 3 heteroatoms. The minimum absolute atomic E-state index is 0.894. The van der Waals surface area contributed by atoms with Gasteiger partial charge < -0.3 is 15.3 Å². The molecule has 0 fully saturated rings. The molecule has 0 unspecified atom stereocenters. The molecule has 0 aromatic rings. The molecule has 3 N–H and O–H groups in total. The largest absolute Gasteiger partial charge is 0.340 e. The van der Waals surface area contributed by atoms with Crippen LogP contribution in [0.25, 0.3) is 0 Å². The predicted molar refractivity (Wildman–Crippen MR) is 74.8 cm³/mol. The Balaban J connectivity index is 3.43. The van der Waals surface area contributed by atoms with E-state index < -0.39 is 5.97 Å². The van der Waals surface area contributed by atoms with E-state index in [4.69, 9.17) is 15.3 Å². The second kappa shape index (κ2) is 11.2. The topological polar surface area (TPSA) is 60.7 Å². The number of hydrogen-bond acceptors (Lipinski definition) is 3. The lowest BCUT2D eigenvalue weighted by Crippen LogP contribution is -2.22. The summed E-state index contributed by atoms with van der Waals surface area (Å²) in [5.74, 6) is -2.72. The SMILES string of the molecule is CCCCCCCCC=CC=CC=CC(O)(O)O. The van der Waals surface area contributed by atoms with Gasteiger partial charge in [-0.1, -0.05) is 69.4 Å². The Morgan fingerprint density at radius 1 is 0.778 bits per heavy atom. The van der Waals surface area contributed by atoms with E-state index in [1.165, 1.54) is 44.6 Å². The first-order chi connectivity index (χ1) is 8.56. The van der Waals surface area contributed by atoms with Gasteiger partial charge >= 0.3 is 0 Å². The Morgan fingerprint density at radius 3 is 2.06 bits per heavy atom. The van der Waals surface area contributed by atoms with Gasteiger partial charge in [0.2, 0.25) is 0 Å². The van der Waals surface area contributed by atoms with Gasteiger partial charge in [0, 0.05) is 6.08 Å². The van der Waals surface area contributed by atoms with Crippen molar-refractivity contribution in [3.63, 3.8) is 0 Å². The Morgan fingerprint density at radius 2 is 1.39 bits per heavy atom. The van der Waals surface area contributed by atoms with Crippen LogP contribution >= 0.6 is 0 Å². The summed E-state index contributed by atoms with van der Waals surface area (Å²) in [7, 11) is 0. The van der Waals surface area contributed by atoms with Crippen molar-refractivity contribution in [2.24, 2.45) is 0 Å². The van der Waals surface area contributed by atoms with Gasteiger partial charge in [0.05, 0.1) is 0 Å². The minimum Gasteiger partial charge on any atom is -0.340 e. The monoisotopic (exact) mass is 254 g/mol. The molecule has 0 atom stereocenters. The van der Waals surface area contributed by atoms with Crippen LogP contribution < -0.4 is 0 Å². The highest BCUT2D eigenvalue weighted by Gasteiger charge is 2.10. The van der Waals surface area contributed by atoms with Gasteiger partial charge in [-0.3, -0.25) is 0 Å². The van der Waals surface area contributed by atoms with E-state index >= 15 is 0 Å². The van der Waals surface area contributed by atoms with Crippen LogP contribution in [0.3, 0.4) is 0 Å². The van der Waals surface area contributed by atoms with E-state index in [9.17, 15) is 0 Å². The summed E-state index contributed by atoms with van der Waals surface area (Å²) >= 11 is 0. The van der Waals surface area contributed by atoms with Crippen LogP contribution in [0.4, 0.5) is 0 Å². The summed E-state index contributed by atoms with van der Waals surface area (Å²) in [5, 5.41) is 25.7. The molecule has 0 aromatic carbocycles. The van der Waals surface area contributed by atoms with Crippen molar-refractivity contribution >= 4 is 0 Å². The molecular formula is C15H26O3. The normalized spacial score (nSPS) is 13.3. The maximum absolute atomic E-state index is 8.55. The summed E-state index contributed by atoms with van der Waals surface area (Å²) in [6.07, 6.45) is 18.6. The van der Waals surface area contributed by atoms with E-state index in [-0.39, 0.29) is 0 Å². The summed E-state index contributed by atoms with van der Waals surface area (Å²) in [5.41, 5.74) is 0. The number of rotatable bonds is 10. The third-order valence-electron chi connectivity index (χ3n) is 2.51. The first-order valence-corrected chi connectivity index (χ1v) is 6.74. The average Bonchev–Trinajstić information content (AvgIpc) is 2.29. The maximum atomic E-state index is 8.55. The molecular weight excluding hydrogens is 228 g/mol. The molecule has 3 nitrogen and oxygen atoms in total. The van der Waals surface area contributed by atoms with Gasteiger partial charge in [-0.05, 0) is 12.8 Å². The molecule has 18 heavy (non-hydrogen) atoms. The van der Waals surface area contributed by atoms with Gasteiger partial charge in [0.25, 0.3) is 5.97 Å². The van der Waals surface area contributed by atoms with Crippen LogP contribution in [0.15, 0.2) is 36.5 Å². The number of hydrogen-bond donors (Lipinski definition) is 3. The summed E-state index contributed by atoms with van der Waals surface area (Å²) in [4.78, 5) is 0. The molecule has 104 valence electrons. The van der Waals surface area contributed by atoms with Crippen molar-refractivity contribution < 1.29 is 15.3 Å². The van der Waals surface area contributed by atoms with Crippen molar-refractivity contribution in [3.8, 4) is 0 Å². The summed E-state index contributed by atoms with van der Waals surface area (Å²) in [6.45, 7) is 2.22. The van der Waals surface area contributed by atoms with Gasteiger partial charge in [0.15, 0.2) is 0 Å². The minimum atomic E-state index is -2.72. The Labute approximate surface area is 110 Å².